The fourth-order valence-electron chi connectivity index (χ4n) is 2.64. The molecule has 1 unspecified atom stereocenters. The number of nitrogens with one attached hydrogen (secondary N) is 1. The number of hydrogen-bond donors (Lipinski definition) is 1. The fourth-order valence-corrected chi connectivity index (χ4v) is 3.16. The van der Waals surface area contributed by atoms with E-state index < -0.39 is 5.41 Å². The molecule has 1 aromatic heterocycles. The van der Waals surface area contributed by atoms with Gasteiger partial charge in [-0.05, 0) is 46.8 Å². The van der Waals surface area contributed by atoms with Gasteiger partial charge in [-0.1, -0.05) is 13.8 Å². The van der Waals surface area contributed by atoms with Crippen LogP contribution in [0.1, 0.15) is 44.7 Å². The number of nitrogens with zero attached hydrogens (tertiary/aromatic N) is 2. The molecule has 1 fully saturated rings. The van der Waals surface area contributed by atoms with Gasteiger partial charge in [0.2, 0.25) is 5.91 Å². The van der Waals surface area contributed by atoms with Gasteiger partial charge in [0.25, 0.3) is 0 Å². The fraction of sp³-hybridized carbons (Fsp3) is 0.600. The van der Waals surface area contributed by atoms with Gasteiger partial charge in [-0.3, -0.25) is 14.8 Å². The molecular weight excluding hydrogens is 354 g/mol. The Bertz CT molecular complexity index is 509. The van der Waals surface area contributed by atoms with Crippen molar-refractivity contribution >= 4 is 33.4 Å². The molecule has 21 heavy (non-hydrogen) atoms. The summed E-state index contributed by atoms with van der Waals surface area (Å²) in [5.41, 5.74) is 3.85. The third-order valence-corrected chi connectivity index (χ3v) is 4.56. The third-order valence-electron chi connectivity index (χ3n) is 3.86. The standard InChI is InChI=1S/C15H21BrClN3O/c1-15(2,5-3-6-17)14(21)20-13(4-7-19-20)11-8-12(16)10-18-9-11/h8-10,13,19H,3-7H2,1-2H3. The zero-order valence-corrected chi connectivity index (χ0v) is 14.7. The van der Waals surface area contributed by atoms with Gasteiger partial charge in [0.15, 0.2) is 0 Å². The first-order valence-corrected chi connectivity index (χ1v) is 8.52. The average molecular weight is 375 g/mol. The molecule has 1 amide bonds. The van der Waals surface area contributed by atoms with Crippen LogP contribution in [0.15, 0.2) is 22.9 Å². The van der Waals surface area contributed by atoms with Crippen molar-refractivity contribution in [1.82, 2.24) is 15.4 Å². The van der Waals surface area contributed by atoms with E-state index in [1.54, 1.807) is 11.2 Å². The molecule has 1 aliphatic heterocycles. The Hall–Kier alpha value is -0.650. The molecule has 1 saturated heterocycles. The van der Waals surface area contributed by atoms with Gasteiger partial charge in [0.1, 0.15) is 0 Å². The van der Waals surface area contributed by atoms with Crippen LogP contribution in [-0.4, -0.2) is 28.3 Å². The number of aromatic nitrogens is 1. The molecule has 1 aromatic rings. The molecule has 0 aromatic carbocycles. The lowest BCUT2D eigenvalue weighted by Gasteiger charge is -2.32. The maximum absolute atomic E-state index is 12.8. The second-order valence-electron chi connectivity index (χ2n) is 6.00. The van der Waals surface area contributed by atoms with Crippen molar-refractivity contribution in [3.8, 4) is 0 Å². The van der Waals surface area contributed by atoms with Crippen LogP contribution >= 0.6 is 27.5 Å². The molecule has 6 heteroatoms. The Morgan fingerprint density at radius 2 is 2.33 bits per heavy atom. The van der Waals surface area contributed by atoms with E-state index in [0.717, 1.165) is 35.8 Å². The van der Waals surface area contributed by atoms with Crippen LogP contribution in [0, 0.1) is 5.41 Å². The number of carbonyl (C=O) groups excluding carboxylic acids is 1. The number of carbonyl (C=O) groups is 1. The topological polar surface area (TPSA) is 45.2 Å². The predicted octanol–water partition coefficient (Wildman–Crippen LogP) is 3.67. The molecule has 2 rings (SSSR count). The first-order chi connectivity index (χ1) is 9.95. The molecule has 2 heterocycles. The molecule has 0 aliphatic carbocycles. The Morgan fingerprint density at radius 3 is 3.00 bits per heavy atom. The number of halogens is 2. The predicted molar refractivity (Wildman–Crippen MR) is 87.9 cm³/mol. The van der Waals surface area contributed by atoms with Crippen molar-refractivity contribution in [1.29, 1.82) is 0 Å². The Balaban J connectivity index is 2.16. The molecule has 1 N–H and O–H groups in total. The maximum atomic E-state index is 12.8. The summed E-state index contributed by atoms with van der Waals surface area (Å²) in [6.07, 6.45) is 6.11. The molecule has 0 radical (unpaired) electrons. The number of hydrazine groups is 1. The number of alkyl halides is 1. The zero-order valence-electron chi connectivity index (χ0n) is 12.4. The molecule has 4 nitrogen and oxygen atoms in total. The summed E-state index contributed by atoms with van der Waals surface area (Å²) in [5.74, 6) is 0.707. The van der Waals surface area contributed by atoms with Crippen LogP contribution in [0.3, 0.4) is 0 Å². The van der Waals surface area contributed by atoms with E-state index in [1.165, 1.54) is 0 Å². The lowest BCUT2D eigenvalue weighted by Crippen LogP contribution is -2.46. The van der Waals surface area contributed by atoms with Crippen molar-refractivity contribution in [3.05, 3.63) is 28.5 Å². The second-order valence-corrected chi connectivity index (χ2v) is 7.29. The number of amides is 1. The zero-order chi connectivity index (χ0) is 15.5. The summed E-state index contributed by atoms with van der Waals surface area (Å²) < 4.78 is 0.931. The van der Waals surface area contributed by atoms with E-state index in [4.69, 9.17) is 11.6 Å². The molecular formula is C15H21BrClN3O. The molecule has 1 atom stereocenters. The molecule has 1 aliphatic rings. The second kappa shape index (κ2) is 7.07. The minimum atomic E-state index is -0.413. The van der Waals surface area contributed by atoms with Crippen molar-refractivity contribution in [2.45, 2.75) is 39.2 Å². The highest BCUT2D eigenvalue weighted by Gasteiger charge is 2.38. The van der Waals surface area contributed by atoms with Gasteiger partial charge >= 0.3 is 0 Å². The smallest absolute Gasteiger partial charge is 0.242 e. The maximum Gasteiger partial charge on any atom is 0.242 e. The summed E-state index contributed by atoms with van der Waals surface area (Å²) in [6, 6.07) is 2.06. The van der Waals surface area contributed by atoms with Gasteiger partial charge < -0.3 is 0 Å². The summed E-state index contributed by atoms with van der Waals surface area (Å²) >= 11 is 9.20. The highest BCUT2D eigenvalue weighted by molar-refractivity contribution is 9.10. The highest BCUT2D eigenvalue weighted by Crippen LogP contribution is 2.33. The Morgan fingerprint density at radius 1 is 1.57 bits per heavy atom. The van der Waals surface area contributed by atoms with Gasteiger partial charge in [0.05, 0.1) is 6.04 Å². The largest absolute Gasteiger partial charge is 0.273 e. The molecule has 0 bridgehead atoms. The van der Waals surface area contributed by atoms with Crippen molar-refractivity contribution in [3.63, 3.8) is 0 Å². The lowest BCUT2D eigenvalue weighted by atomic mass is 9.86. The monoisotopic (exact) mass is 373 g/mol. The Kier molecular flexibility index (Phi) is 5.63. The van der Waals surface area contributed by atoms with Crippen LogP contribution in [-0.2, 0) is 4.79 Å². The van der Waals surface area contributed by atoms with E-state index in [1.807, 2.05) is 26.1 Å². The van der Waals surface area contributed by atoms with Crippen LogP contribution in [0.5, 0.6) is 0 Å². The number of rotatable bonds is 5. The number of hydrogen-bond acceptors (Lipinski definition) is 3. The van der Waals surface area contributed by atoms with Crippen molar-refractivity contribution in [2.75, 3.05) is 12.4 Å². The van der Waals surface area contributed by atoms with Crippen LogP contribution in [0.25, 0.3) is 0 Å². The van der Waals surface area contributed by atoms with E-state index >= 15 is 0 Å². The van der Waals surface area contributed by atoms with Crippen molar-refractivity contribution < 1.29 is 4.79 Å². The molecule has 0 saturated carbocycles. The van der Waals surface area contributed by atoms with E-state index in [2.05, 4.69) is 26.3 Å². The van der Waals surface area contributed by atoms with E-state index in [0.29, 0.717) is 5.88 Å². The summed E-state index contributed by atoms with van der Waals surface area (Å²) in [5, 5.41) is 1.78. The molecule has 116 valence electrons. The SMILES string of the molecule is CC(C)(CCCCl)C(=O)N1NCCC1c1cncc(Br)c1. The normalized spacial score (nSPS) is 19.0. The number of pyridine rings is 1. The first-order valence-electron chi connectivity index (χ1n) is 7.19. The van der Waals surface area contributed by atoms with Crippen LogP contribution in [0.2, 0.25) is 0 Å². The van der Waals surface area contributed by atoms with Gasteiger partial charge in [-0.2, -0.15) is 0 Å². The van der Waals surface area contributed by atoms with Gasteiger partial charge in [-0.25, -0.2) is 5.43 Å². The molecule has 0 spiro atoms. The minimum Gasteiger partial charge on any atom is -0.273 e. The van der Waals surface area contributed by atoms with Crippen LogP contribution < -0.4 is 5.43 Å². The van der Waals surface area contributed by atoms with E-state index in [-0.39, 0.29) is 11.9 Å². The van der Waals surface area contributed by atoms with Crippen LogP contribution in [0.4, 0.5) is 0 Å². The summed E-state index contributed by atoms with van der Waals surface area (Å²) in [7, 11) is 0. The average Bonchev–Trinajstić information content (AvgIpc) is 2.93. The first kappa shape index (κ1) is 16.7. The van der Waals surface area contributed by atoms with Crippen molar-refractivity contribution in [2.24, 2.45) is 5.41 Å². The van der Waals surface area contributed by atoms with Gasteiger partial charge in [-0.15, -0.1) is 11.6 Å². The summed E-state index contributed by atoms with van der Waals surface area (Å²) in [6.45, 7) is 4.77. The van der Waals surface area contributed by atoms with Gasteiger partial charge in [0, 0.05) is 34.7 Å². The lowest BCUT2D eigenvalue weighted by molar-refractivity contribution is -0.145. The third kappa shape index (κ3) is 3.96. The minimum absolute atomic E-state index is 0.0396. The van der Waals surface area contributed by atoms with E-state index in [9.17, 15) is 4.79 Å². The highest BCUT2D eigenvalue weighted by atomic mass is 79.9. The summed E-state index contributed by atoms with van der Waals surface area (Å²) in [4.78, 5) is 17.0. The Labute approximate surface area is 139 Å². The quantitative estimate of drug-likeness (QED) is 0.800.